The van der Waals surface area contributed by atoms with Crippen LogP contribution in [0, 0.1) is 11.8 Å². The van der Waals surface area contributed by atoms with Crippen molar-refractivity contribution in [3.8, 4) is 0 Å². The number of aliphatic hydroxyl groups excluding tert-OH is 1. The maximum Gasteiger partial charge on any atom is 0.223 e. The van der Waals surface area contributed by atoms with E-state index in [4.69, 9.17) is 10.8 Å². The molecule has 0 atom stereocenters. The molecule has 0 bridgehead atoms. The molecule has 0 aliphatic heterocycles. The molecule has 2 saturated carbocycles. The van der Waals surface area contributed by atoms with Crippen LogP contribution in [-0.4, -0.2) is 29.7 Å². The Hall–Kier alpha value is -0.610. The van der Waals surface area contributed by atoms with Gasteiger partial charge in [0.25, 0.3) is 0 Å². The highest BCUT2D eigenvalue weighted by atomic mass is 16.3. The Morgan fingerprint density at radius 2 is 1.94 bits per heavy atom. The Labute approximate surface area is 96.6 Å². The van der Waals surface area contributed by atoms with Gasteiger partial charge in [-0.15, -0.1) is 0 Å². The molecule has 0 spiro atoms. The zero-order valence-corrected chi connectivity index (χ0v) is 9.74. The summed E-state index contributed by atoms with van der Waals surface area (Å²) in [7, 11) is 0. The van der Waals surface area contributed by atoms with Gasteiger partial charge >= 0.3 is 0 Å². The van der Waals surface area contributed by atoms with Crippen LogP contribution in [0.5, 0.6) is 0 Å². The largest absolute Gasteiger partial charge is 0.394 e. The molecule has 0 heterocycles. The van der Waals surface area contributed by atoms with Crippen LogP contribution in [0.2, 0.25) is 0 Å². The fraction of sp³-hybridized carbons (Fsp3) is 0.917. The lowest BCUT2D eigenvalue weighted by atomic mass is 9.81. The summed E-state index contributed by atoms with van der Waals surface area (Å²) in [6, 6.07) is 0. The summed E-state index contributed by atoms with van der Waals surface area (Å²) in [5.41, 5.74) is 5.36. The first-order valence-electron chi connectivity index (χ1n) is 6.32. The third kappa shape index (κ3) is 2.55. The lowest BCUT2D eigenvalue weighted by Gasteiger charge is -2.28. The second-order valence-electron chi connectivity index (χ2n) is 5.38. The molecule has 92 valence electrons. The maximum absolute atomic E-state index is 12.0. The number of hydrogen-bond donors (Lipinski definition) is 3. The van der Waals surface area contributed by atoms with Crippen LogP contribution in [0.4, 0.5) is 0 Å². The van der Waals surface area contributed by atoms with Crippen LogP contribution in [0.1, 0.15) is 38.5 Å². The van der Waals surface area contributed by atoms with Crippen LogP contribution in [0.15, 0.2) is 0 Å². The number of amides is 1. The van der Waals surface area contributed by atoms with Gasteiger partial charge in [-0.3, -0.25) is 4.79 Å². The topological polar surface area (TPSA) is 75.4 Å². The Morgan fingerprint density at radius 1 is 1.31 bits per heavy atom. The molecule has 16 heavy (non-hydrogen) atoms. The van der Waals surface area contributed by atoms with Crippen molar-refractivity contribution < 1.29 is 9.90 Å². The van der Waals surface area contributed by atoms with Crippen molar-refractivity contribution in [2.45, 2.75) is 44.1 Å². The SMILES string of the molecule is NCC1CCC(C(=O)NC2(CO)CC2)CC1. The molecule has 0 saturated heterocycles. The fourth-order valence-corrected chi connectivity index (χ4v) is 2.50. The van der Waals surface area contributed by atoms with Crippen molar-refractivity contribution in [3.63, 3.8) is 0 Å². The van der Waals surface area contributed by atoms with Crippen molar-refractivity contribution in [1.82, 2.24) is 5.32 Å². The summed E-state index contributed by atoms with van der Waals surface area (Å²) in [4.78, 5) is 12.0. The van der Waals surface area contributed by atoms with Gasteiger partial charge in [-0.25, -0.2) is 0 Å². The Bertz CT molecular complexity index is 256. The summed E-state index contributed by atoms with van der Waals surface area (Å²) >= 11 is 0. The van der Waals surface area contributed by atoms with Crippen LogP contribution in [-0.2, 0) is 4.79 Å². The summed E-state index contributed by atoms with van der Waals surface area (Å²) in [6.45, 7) is 0.825. The Kier molecular flexibility index (Phi) is 3.50. The molecule has 4 N–H and O–H groups in total. The molecule has 0 aromatic carbocycles. The van der Waals surface area contributed by atoms with E-state index >= 15 is 0 Å². The minimum Gasteiger partial charge on any atom is -0.394 e. The Balaban J connectivity index is 1.78. The van der Waals surface area contributed by atoms with Gasteiger partial charge in [-0.05, 0) is 51.0 Å². The number of aliphatic hydroxyl groups is 1. The van der Waals surface area contributed by atoms with Gasteiger partial charge in [0.1, 0.15) is 0 Å². The van der Waals surface area contributed by atoms with Gasteiger partial charge < -0.3 is 16.2 Å². The third-order valence-electron chi connectivity index (χ3n) is 4.10. The number of nitrogens with one attached hydrogen (secondary N) is 1. The molecule has 2 aliphatic carbocycles. The number of nitrogens with two attached hydrogens (primary N) is 1. The van der Waals surface area contributed by atoms with Crippen molar-refractivity contribution in [2.24, 2.45) is 17.6 Å². The number of carbonyl (C=O) groups is 1. The molecular formula is C12H22N2O2. The highest BCUT2D eigenvalue weighted by Crippen LogP contribution is 2.36. The molecule has 0 radical (unpaired) electrons. The summed E-state index contributed by atoms with van der Waals surface area (Å²) < 4.78 is 0. The van der Waals surface area contributed by atoms with Crippen LogP contribution in [0.3, 0.4) is 0 Å². The van der Waals surface area contributed by atoms with E-state index in [1.165, 1.54) is 0 Å². The monoisotopic (exact) mass is 226 g/mol. The molecule has 0 unspecified atom stereocenters. The second kappa shape index (κ2) is 4.72. The third-order valence-corrected chi connectivity index (χ3v) is 4.10. The van der Waals surface area contributed by atoms with E-state index in [2.05, 4.69) is 5.32 Å². The predicted octanol–water partition coefficient (Wildman–Crippen LogP) is 0.393. The van der Waals surface area contributed by atoms with E-state index < -0.39 is 0 Å². The minimum absolute atomic E-state index is 0.0802. The summed E-state index contributed by atoms with van der Waals surface area (Å²) in [5, 5.41) is 12.2. The lowest BCUT2D eigenvalue weighted by molar-refractivity contribution is -0.127. The van der Waals surface area contributed by atoms with Gasteiger partial charge in [0, 0.05) is 5.92 Å². The lowest BCUT2D eigenvalue weighted by Crippen LogP contribution is -2.44. The normalized spacial score (nSPS) is 32.1. The highest BCUT2D eigenvalue weighted by molar-refractivity contribution is 5.80. The molecule has 0 aromatic heterocycles. The van der Waals surface area contributed by atoms with Crippen molar-refractivity contribution in [1.29, 1.82) is 0 Å². The standard InChI is InChI=1S/C12H22N2O2/c13-7-9-1-3-10(4-2-9)11(16)14-12(8-15)5-6-12/h9-10,15H,1-8,13H2,(H,14,16). The number of rotatable bonds is 4. The van der Waals surface area contributed by atoms with E-state index in [1.54, 1.807) is 0 Å². The Morgan fingerprint density at radius 3 is 2.38 bits per heavy atom. The molecule has 0 aromatic rings. The van der Waals surface area contributed by atoms with E-state index in [9.17, 15) is 4.79 Å². The fourth-order valence-electron chi connectivity index (χ4n) is 2.50. The molecule has 4 heteroatoms. The minimum atomic E-state index is -0.262. The highest BCUT2D eigenvalue weighted by Gasteiger charge is 2.44. The molecule has 2 fully saturated rings. The molecule has 4 nitrogen and oxygen atoms in total. The van der Waals surface area contributed by atoms with Gasteiger partial charge in [-0.2, -0.15) is 0 Å². The van der Waals surface area contributed by atoms with E-state index in [0.717, 1.165) is 45.1 Å². The summed E-state index contributed by atoms with van der Waals surface area (Å²) in [6.07, 6.45) is 5.90. The number of hydrogen-bond acceptors (Lipinski definition) is 3. The zero-order valence-electron chi connectivity index (χ0n) is 9.74. The van der Waals surface area contributed by atoms with Gasteiger partial charge in [0.05, 0.1) is 12.1 Å². The van der Waals surface area contributed by atoms with Crippen LogP contribution in [0.25, 0.3) is 0 Å². The van der Waals surface area contributed by atoms with E-state index in [0.29, 0.717) is 5.92 Å². The van der Waals surface area contributed by atoms with Gasteiger partial charge in [0.15, 0.2) is 0 Å². The van der Waals surface area contributed by atoms with Crippen molar-refractivity contribution in [3.05, 3.63) is 0 Å². The van der Waals surface area contributed by atoms with E-state index in [1.807, 2.05) is 0 Å². The molecule has 2 rings (SSSR count). The first-order chi connectivity index (χ1) is 7.69. The average Bonchev–Trinajstić information content (AvgIpc) is 3.09. The zero-order chi connectivity index (χ0) is 11.6. The molecular weight excluding hydrogens is 204 g/mol. The van der Waals surface area contributed by atoms with Crippen LogP contribution >= 0.6 is 0 Å². The average molecular weight is 226 g/mol. The maximum atomic E-state index is 12.0. The van der Waals surface area contributed by atoms with Crippen LogP contribution < -0.4 is 11.1 Å². The van der Waals surface area contributed by atoms with Crippen molar-refractivity contribution >= 4 is 5.91 Å². The molecule has 1 amide bonds. The summed E-state index contributed by atoms with van der Waals surface area (Å²) in [5.74, 6) is 0.894. The van der Waals surface area contributed by atoms with E-state index in [-0.39, 0.29) is 24.0 Å². The number of carbonyl (C=O) groups excluding carboxylic acids is 1. The van der Waals surface area contributed by atoms with Gasteiger partial charge in [-0.1, -0.05) is 0 Å². The quantitative estimate of drug-likeness (QED) is 0.649. The predicted molar refractivity (Wildman–Crippen MR) is 61.7 cm³/mol. The van der Waals surface area contributed by atoms with Gasteiger partial charge in [0.2, 0.25) is 5.91 Å². The smallest absolute Gasteiger partial charge is 0.223 e. The molecule has 2 aliphatic rings. The second-order valence-corrected chi connectivity index (χ2v) is 5.38. The van der Waals surface area contributed by atoms with Crippen molar-refractivity contribution in [2.75, 3.05) is 13.2 Å². The first kappa shape index (κ1) is 11.9. The first-order valence-corrected chi connectivity index (χ1v) is 6.32.